The second kappa shape index (κ2) is 8.95. The summed E-state index contributed by atoms with van der Waals surface area (Å²) in [6.07, 6.45) is 6.61. The second-order valence-electron chi connectivity index (χ2n) is 6.14. The van der Waals surface area contributed by atoms with Gasteiger partial charge in [0.25, 0.3) is 0 Å². The highest BCUT2D eigenvalue weighted by Crippen LogP contribution is 2.22. The molecule has 0 aromatic heterocycles. The van der Waals surface area contributed by atoms with Crippen LogP contribution in [0.4, 0.5) is 4.79 Å². The maximum absolute atomic E-state index is 12.0. The highest BCUT2D eigenvalue weighted by Gasteiger charge is 2.28. The lowest BCUT2D eigenvalue weighted by Gasteiger charge is -2.32. The molecule has 1 heterocycles. The van der Waals surface area contributed by atoms with Gasteiger partial charge in [0.1, 0.15) is 6.61 Å². The third-order valence-corrected chi connectivity index (χ3v) is 4.33. The number of primary amides is 1. The SMILES string of the molecule is NC(=O)CO[C@@H]1CCOC[C@@H]1NC(=O)NCC1CCCCC1. The fourth-order valence-corrected chi connectivity index (χ4v) is 3.09. The predicted molar refractivity (Wildman–Crippen MR) is 81.3 cm³/mol. The normalized spacial score (nSPS) is 26.4. The van der Waals surface area contributed by atoms with Gasteiger partial charge in [0.2, 0.25) is 5.91 Å². The molecule has 1 saturated carbocycles. The van der Waals surface area contributed by atoms with Gasteiger partial charge in [0, 0.05) is 13.2 Å². The van der Waals surface area contributed by atoms with Crippen molar-refractivity contribution in [3.8, 4) is 0 Å². The van der Waals surface area contributed by atoms with Crippen LogP contribution in [-0.4, -0.2) is 50.4 Å². The van der Waals surface area contributed by atoms with Gasteiger partial charge in [-0.15, -0.1) is 0 Å². The third-order valence-electron chi connectivity index (χ3n) is 4.33. The van der Waals surface area contributed by atoms with Gasteiger partial charge in [0.05, 0.1) is 18.8 Å². The number of rotatable bonds is 6. The van der Waals surface area contributed by atoms with Crippen LogP contribution in [0.3, 0.4) is 0 Å². The standard InChI is InChI=1S/C15H27N3O4/c16-14(19)10-22-13-6-7-21-9-12(13)18-15(20)17-8-11-4-2-1-3-5-11/h11-13H,1-10H2,(H2,16,19)(H2,17,18,20)/t12-,13+/m0/s1. The minimum atomic E-state index is -0.507. The summed E-state index contributed by atoms with van der Waals surface area (Å²) in [6, 6.07) is -0.451. The van der Waals surface area contributed by atoms with Gasteiger partial charge in [-0.1, -0.05) is 19.3 Å². The Labute approximate surface area is 131 Å². The van der Waals surface area contributed by atoms with E-state index in [4.69, 9.17) is 15.2 Å². The second-order valence-corrected chi connectivity index (χ2v) is 6.14. The third kappa shape index (κ3) is 5.81. The molecule has 2 fully saturated rings. The van der Waals surface area contributed by atoms with Gasteiger partial charge < -0.3 is 25.8 Å². The van der Waals surface area contributed by atoms with Crippen molar-refractivity contribution in [2.45, 2.75) is 50.7 Å². The molecule has 0 unspecified atom stereocenters. The summed E-state index contributed by atoms with van der Waals surface area (Å²) in [5.74, 6) is 0.0796. The zero-order chi connectivity index (χ0) is 15.8. The van der Waals surface area contributed by atoms with Crippen molar-refractivity contribution in [3.63, 3.8) is 0 Å². The van der Waals surface area contributed by atoms with Crippen LogP contribution in [0.25, 0.3) is 0 Å². The zero-order valence-corrected chi connectivity index (χ0v) is 13.0. The topological polar surface area (TPSA) is 103 Å². The molecule has 1 aliphatic heterocycles. The first kappa shape index (κ1) is 17.0. The Bertz CT molecular complexity index is 372. The van der Waals surface area contributed by atoms with E-state index in [1.807, 2.05) is 0 Å². The lowest BCUT2D eigenvalue weighted by atomic mass is 9.89. The lowest BCUT2D eigenvalue weighted by molar-refractivity contribution is -0.128. The summed E-state index contributed by atoms with van der Waals surface area (Å²) in [6.45, 7) is 1.53. The van der Waals surface area contributed by atoms with Crippen molar-refractivity contribution < 1.29 is 19.1 Å². The molecular formula is C15H27N3O4. The molecule has 7 heteroatoms. The van der Waals surface area contributed by atoms with Gasteiger partial charge in [-0.25, -0.2) is 4.79 Å². The minimum absolute atomic E-state index is 0.132. The molecule has 2 atom stereocenters. The molecule has 2 aliphatic rings. The molecule has 0 spiro atoms. The number of hydrogen-bond acceptors (Lipinski definition) is 4. The molecule has 2 rings (SSSR count). The number of carbonyl (C=O) groups excluding carboxylic acids is 2. The lowest BCUT2D eigenvalue weighted by Crippen LogP contribution is -2.54. The van der Waals surface area contributed by atoms with E-state index in [9.17, 15) is 9.59 Å². The summed E-state index contributed by atoms with van der Waals surface area (Å²) in [5, 5.41) is 5.81. The summed E-state index contributed by atoms with van der Waals surface area (Å²) >= 11 is 0. The Morgan fingerprint density at radius 2 is 1.95 bits per heavy atom. The first-order valence-corrected chi connectivity index (χ1v) is 8.17. The average Bonchev–Trinajstić information content (AvgIpc) is 2.53. The predicted octanol–water partition coefficient (Wildman–Crippen LogP) is 0.525. The molecule has 0 radical (unpaired) electrons. The molecule has 126 valence electrons. The summed E-state index contributed by atoms with van der Waals surface area (Å²) in [7, 11) is 0. The number of amides is 3. The summed E-state index contributed by atoms with van der Waals surface area (Å²) in [5.41, 5.74) is 5.09. The van der Waals surface area contributed by atoms with Crippen LogP contribution in [-0.2, 0) is 14.3 Å². The minimum Gasteiger partial charge on any atom is -0.379 e. The maximum Gasteiger partial charge on any atom is 0.315 e. The van der Waals surface area contributed by atoms with Gasteiger partial charge in [0.15, 0.2) is 0 Å². The summed E-state index contributed by atoms with van der Waals surface area (Å²) in [4.78, 5) is 22.8. The molecule has 22 heavy (non-hydrogen) atoms. The van der Waals surface area contributed by atoms with Gasteiger partial charge in [-0.2, -0.15) is 0 Å². The quantitative estimate of drug-likeness (QED) is 0.665. The number of hydrogen-bond donors (Lipinski definition) is 3. The average molecular weight is 313 g/mol. The molecular weight excluding hydrogens is 286 g/mol. The number of carbonyl (C=O) groups is 2. The monoisotopic (exact) mass is 313 g/mol. The number of ether oxygens (including phenoxy) is 2. The van der Waals surface area contributed by atoms with E-state index in [0.29, 0.717) is 32.1 Å². The van der Waals surface area contributed by atoms with E-state index >= 15 is 0 Å². The van der Waals surface area contributed by atoms with Gasteiger partial charge >= 0.3 is 6.03 Å². The van der Waals surface area contributed by atoms with E-state index < -0.39 is 5.91 Å². The van der Waals surface area contributed by atoms with Gasteiger partial charge in [-0.3, -0.25) is 4.79 Å². The Kier molecular flexibility index (Phi) is 6.92. The number of nitrogens with one attached hydrogen (secondary N) is 2. The van der Waals surface area contributed by atoms with E-state index in [2.05, 4.69) is 10.6 Å². The Hall–Kier alpha value is -1.34. The molecule has 7 nitrogen and oxygen atoms in total. The van der Waals surface area contributed by atoms with E-state index in [1.165, 1.54) is 32.1 Å². The zero-order valence-electron chi connectivity index (χ0n) is 13.0. The van der Waals surface area contributed by atoms with Crippen LogP contribution in [0.2, 0.25) is 0 Å². The molecule has 3 amide bonds. The highest BCUT2D eigenvalue weighted by molar-refractivity contribution is 5.75. The molecule has 0 bridgehead atoms. The molecule has 1 aliphatic carbocycles. The van der Waals surface area contributed by atoms with Crippen LogP contribution in [0.15, 0.2) is 0 Å². The van der Waals surface area contributed by atoms with E-state index in [-0.39, 0.29) is 24.8 Å². The smallest absolute Gasteiger partial charge is 0.315 e. The number of nitrogens with two attached hydrogens (primary N) is 1. The fourth-order valence-electron chi connectivity index (χ4n) is 3.09. The number of urea groups is 1. The first-order valence-electron chi connectivity index (χ1n) is 8.17. The fraction of sp³-hybridized carbons (Fsp3) is 0.867. The van der Waals surface area contributed by atoms with Crippen molar-refractivity contribution in [1.29, 1.82) is 0 Å². The van der Waals surface area contributed by atoms with Crippen molar-refractivity contribution in [2.24, 2.45) is 11.7 Å². The van der Waals surface area contributed by atoms with E-state index in [1.54, 1.807) is 0 Å². The van der Waals surface area contributed by atoms with Crippen LogP contribution < -0.4 is 16.4 Å². The summed E-state index contributed by atoms with van der Waals surface area (Å²) < 4.78 is 10.8. The highest BCUT2D eigenvalue weighted by atomic mass is 16.5. The maximum atomic E-state index is 12.0. The van der Waals surface area contributed by atoms with Crippen LogP contribution >= 0.6 is 0 Å². The van der Waals surface area contributed by atoms with E-state index in [0.717, 1.165) is 0 Å². The largest absolute Gasteiger partial charge is 0.379 e. The molecule has 0 aromatic rings. The van der Waals surface area contributed by atoms with Gasteiger partial charge in [-0.05, 0) is 25.2 Å². The van der Waals surface area contributed by atoms with Crippen LogP contribution in [0.5, 0.6) is 0 Å². The molecule has 4 N–H and O–H groups in total. The molecule has 0 aromatic carbocycles. The first-order chi connectivity index (χ1) is 10.6. The van der Waals surface area contributed by atoms with Crippen LogP contribution in [0, 0.1) is 5.92 Å². The van der Waals surface area contributed by atoms with Crippen molar-refractivity contribution >= 4 is 11.9 Å². The van der Waals surface area contributed by atoms with Crippen molar-refractivity contribution in [3.05, 3.63) is 0 Å². The van der Waals surface area contributed by atoms with Crippen LogP contribution in [0.1, 0.15) is 38.5 Å². The Balaban J connectivity index is 1.71. The van der Waals surface area contributed by atoms with Crippen molar-refractivity contribution in [1.82, 2.24) is 10.6 Å². The Morgan fingerprint density at radius 3 is 2.68 bits per heavy atom. The van der Waals surface area contributed by atoms with Crippen molar-refractivity contribution in [2.75, 3.05) is 26.4 Å². The Morgan fingerprint density at radius 1 is 1.18 bits per heavy atom. The molecule has 1 saturated heterocycles.